The van der Waals surface area contributed by atoms with Crippen LogP contribution in [-0.4, -0.2) is 0 Å². The maximum Gasteiger partial charge on any atom is -0.0114 e. The van der Waals surface area contributed by atoms with E-state index in [1.54, 1.807) is 33.0 Å². The molecule has 0 radical (unpaired) electrons. The lowest BCUT2D eigenvalue weighted by molar-refractivity contribution is 0.722. The number of hydrogen-bond acceptors (Lipinski definition) is 0. The lowest BCUT2D eigenvalue weighted by atomic mass is 9.92. The zero-order chi connectivity index (χ0) is 14.5. The Kier molecular flexibility index (Phi) is 3.06. The zero-order valence-electron chi connectivity index (χ0n) is 13.5. The summed E-state index contributed by atoms with van der Waals surface area (Å²) in [4.78, 5) is 0. The van der Waals surface area contributed by atoms with E-state index in [0.717, 1.165) is 11.8 Å². The van der Waals surface area contributed by atoms with Crippen LogP contribution in [0.2, 0.25) is 0 Å². The van der Waals surface area contributed by atoms with Crippen molar-refractivity contribution < 1.29 is 0 Å². The molecule has 2 aromatic carbocycles. The third-order valence-electron chi connectivity index (χ3n) is 6.24. The summed E-state index contributed by atoms with van der Waals surface area (Å²) in [5.74, 6) is 2.09. The van der Waals surface area contributed by atoms with Crippen molar-refractivity contribution in [3.05, 3.63) is 46.5 Å². The molecule has 0 aliphatic heterocycles. The smallest absolute Gasteiger partial charge is 0.0114 e. The van der Waals surface area contributed by atoms with Crippen LogP contribution in [0.3, 0.4) is 0 Å². The molecule has 0 heterocycles. The molecular formula is C22H26. The van der Waals surface area contributed by atoms with Gasteiger partial charge < -0.3 is 0 Å². The van der Waals surface area contributed by atoms with Crippen LogP contribution >= 0.6 is 0 Å². The zero-order valence-corrected chi connectivity index (χ0v) is 13.5. The van der Waals surface area contributed by atoms with E-state index in [2.05, 4.69) is 24.3 Å². The van der Waals surface area contributed by atoms with Gasteiger partial charge in [-0.05, 0) is 83.4 Å². The summed E-state index contributed by atoms with van der Waals surface area (Å²) in [5, 5.41) is 3.24. The van der Waals surface area contributed by atoms with Crippen molar-refractivity contribution in [1.29, 1.82) is 0 Å². The summed E-state index contributed by atoms with van der Waals surface area (Å²) >= 11 is 0. The Labute approximate surface area is 133 Å². The van der Waals surface area contributed by atoms with Crippen LogP contribution < -0.4 is 0 Å². The van der Waals surface area contributed by atoms with Gasteiger partial charge in [0.25, 0.3) is 0 Å². The van der Waals surface area contributed by atoms with Crippen LogP contribution in [0, 0.1) is 11.8 Å². The van der Waals surface area contributed by atoms with Gasteiger partial charge in [0, 0.05) is 0 Å². The Hall–Kier alpha value is -1.30. The van der Waals surface area contributed by atoms with E-state index in [0.29, 0.717) is 0 Å². The molecule has 3 aliphatic carbocycles. The fourth-order valence-corrected chi connectivity index (χ4v) is 4.44. The van der Waals surface area contributed by atoms with Crippen LogP contribution in [0.15, 0.2) is 24.3 Å². The molecule has 22 heavy (non-hydrogen) atoms. The Morgan fingerprint density at radius 1 is 0.727 bits per heavy atom. The first-order chi connectivity index (χ1) is 10.9. The van der Waals surface area contributed by atoms with Crippen molar-refractivity contribution in [3.8, 4) is 0 Å². The second kappa shape index (κ2) is 5.11. The van der Waals surface area contributed by atoms with Crippen molar-refractivity contribution >= 4 is 10.8 Å². The van der Waals surface area contributed by atoms with Crippen LogP contribution in [0.4, 0.5) is 0 Å². The van der Waals surface area contributed by atoms with E-state index in [4.69, 9.17) is 0 Å². The number of rotatable bonds is 6. The van der Waals surface area contributed by atoms with E-state index < -0.39 is 0 Å². The molecule has 2 aromatic rings. The van der Waals surface area contributed by atoms with E-state index in [9.17, 15) is 0 Å². The van der Waals surface area contributed by atoms with E-state index in [1.807, 2.05) is 0 Å². The monoisotopic (exact) mass is 290 g/mol. The first-order valence-corrected chi connectivity index (χ1v) is 9.44. The summed E-state index contributed by atoms with van der Waals surface area (Å²) < 4.78 is 0. The minimum absolute atomic E-state index is 1.04. The summed E-state index contributed by atoms with van der Waals surface area (Å²) in [6.45, 7) is 0. The second-order valence-corrected chi connectivity index (χ2v) is 7.97. The van der Waals surface area contributed by atoms with Crippen molar-refractivity contribution in [2.24, 2.45) is 11.8 Å². The summed E-state index contributed by atoms with van der Waals surface area (Å²) in [6.07, 6.45) is 13.9. The van der Waals surface area contributed by atoms with E-state index in [1.165, 1.54) is 64.2 Å². The minimum atomic E-state index is 1.04. The highest BCUT2D eigenvalue weighted by molar-refractivity contribution is 5.94. The first-order valence-electron chi connectivity index (χ1n) is 9.44. The van der Waals surface area contributed by atoms with Gasteiger partial charge in [0.1, 0.15) is 0 Å². The molecule has 0 amide bonds. The highest BCUT2D eigenvalue weighted by Gasteiger charge is 2.24. The predicted molar refractivity (Wildman–Crippen MR) is 93.4 cm³/mol. The van der Waals surface area contributed by atoms with Gasteiger partial charge >= 0.3 is 0 Å². The fraction of sp³-hybridized carbons (Fsp3) is 0.545. The molecule has 3 aliphatic rings. The summed E-state index contributed by atoms with van der Waals surface area (Å²) in [6, 6.07) is 9.79. The maximum atomic E-state index is 2.47. The quantitative estimate of drug-likeness (QED) is 0.647. The van der Waals surface area contributed by atoms with Gasteiger partial charge in [-0.3, -0.25) is 0 Å². The average Bonchev–Trinajstić information content (AvgIpc) is 3.46. The maximum absolute atomic E-state index is 2.47. The van der Waals surface area contributed by atoms with Crippen molar-refractivity contribution in [2.45, 2.75) is 64.2 Å². The Balaban J connectivity index is 1.50. The third kappa shape index (κ3) is 2.37. The molecule has 0 unspecified atom stereocenters. The molecule has 0 atom stereocenters. The van der Waals surface area contributed by atoms with Crippen LogP contribution in [-0.2, 0) is 25.7 Å². The predicted octanol–water partition coefficient (Wildman–Crippen LogP) is 5.62. The topological polar surface area (TPSA) is 0 Å². The normalized spacial score (nSPS) is 20.0. The second-order valence-electron chi connectivity index (χ2n) is 7.97. The Morgan fingerprint density at radius 3 is 2.14 bits per heavy atom. The van der Waals surface area contributed by atoms with E-state index >= 15 is 0 Å². The Bertz CT molecular complexity index is 716. The lowest BCUT2D eigenvalue weighted by Gasteiger charge is -2.12. The first kappa shape index (κ1) is 13.2. The molecule has 114 valence electrons. The largest absolute Gasteiger partial charge is 0.0581 e. The average molecular weight is 290 g/mol. The molecule has 0 spiro atoms. The fourth-order valence-electron chi connectivity index (χ4n) is 4.44. The molecule has 2 saturated carbocycles. The molecule has 5 rings (SSSR count). The SMILES string of the molecule is c1cc2c(CCC3CC3)ccc3c2c(c1CCC1CC1)CC3. The highest BCUT2D eigenvalue weighted by Crippen LogP contribution is 2.39. The van der Waals surface area contributed by atoms with Crippen LogP contribution in [0.5, 0.6) is 0 Å². The van der Waals surface area contributed by atoms with Gasteiger partial charge in [0.15, 0.2) is 0 Å². The molecule has 0 heteroatoms. The highest BCUT2D eigenvalue weighted by atomic mass is 14.3. The molecule has 0 saturated heterocycles. The summed E-state index contributed by atoms with van der Waals surface area (Å²) in [7, 11) is 0. The van der Waals surface area contributed by atoms with Gasteiger partial charge in [-0.2, -0.15) is 0 Å². The summed E-state index contributed by atoms with van der Waals surface area (Å²) in [5.41, 5.74) is 6.61. The third-order valence-corrected chi connectivity index (χ3v) is 6.24. The molecule has 0 N–H and O–H groups in total. The van der Waals surface area contributed by atoms with Gasteiger partial charge in [-0.15, -0.1) is 0 Å². The molecule has 0 aromatic heterocycles. The molecular weight excluding hydrogens is 264 g/mol. The minimum Gasteiger partial charge on any atom is -0.0581 e. The molecule has 2 fully saturated rings. The van der Waals surface area contributed by atoms with E-state index in [-0.39, 0.29) is 0 Å². The van der Waals surface area contributed by atoms with Crippen molar-refractivity contribution in [1.82, 2.24) is 0 Å². The van der Waals surface area contributed by atoms with Gasteiger partial charge in [0.2, 0.25) is 0 Å². The number of aryl methyl sites for hydroxylation is 4. The van der Waals surface area contributed by atoms with Gasteiger partial charge in [0.05, 0.1) is 0 Å². The lowest BCUT2D eigenvalue weighted by Crippen LogP contribution is -1.95. The van der Waals surface area contributed by atoms with Crippen LogP contribution in [0.1, 0.15) is 60.8 Å². The molecule has 0 bridgehead atoms. The number of hydrogen-bond donors (Lipinski definition) is 0. The molecule has 0 nitrogen and oxygen atoms in total. The van der Waals surface area contributed by atoms with Gasteiger partial charge in [-0.1, -0.05) is 49.9 Å². The van der Waals surface area contributed by atoms with Crippen molar-refractivity contribution in [2.75, 3.05) is 0 Å². The standard InChI is InChI=1S/C22H26/c1-2-15(1)5-7-17-9-10-19-12-14-21-18(8-6-16-3-4-16)11-13-20(17)22(19)21/h9-11,13,15-16H,1-8,12,14H2. The van der Waals surface area contributed by atoms with Crippen LogP contribution in [0.25, 0.3) is 10.8 Å². The Morgan fingerprint density at radius 2 is 1.41 bits per heavy atom. The van der Waals surface area contributed by atoms with Gasteiger partial charge in [-0.25, -0.2) is 0 Å². The van der Waals surface area contributed by atoms with Crippen molar-refractivity contribution in [3.63, 3.8) is 0 Å². The number of benzene rings is 2.